The third kappa shape index (κ3) is 2.92. The second-order valence-corrected chi connectivity index (χ2v) is 4.33. The molecule has 0 aromatic carbocycles. The van der Waals surface area contributed by atoms with E-state index in [1.807, 2.05) is 18.7 Å². The number of amides is 1. The summed E-state index contributed by atoms with van der Waals surface area (Å²) in [5.41, 5.74) is 0. The number of likely N-dealkylation sites (tertiary alicyclic amines) is 1. The lowest BCUT2D eigenvalue weighted by molar-refractivity contribution is -0.150. The van der Waals surface area contributed by atoms with Gasteiger partial charge in [-0.25, -0.2) is 0 Å². The molecule has 15 heavy (non-hydrogen) atoms. The highest BCUT2D eigenvalue weighted by Crippen LogP contribution is 2.15. The molecule has 86 valence electrons. The van der Waals surface area contributed by atoms with Gasteiger partial charge in [0.2, 0.25) is 5.91 Å². The van der Waals surface area contributed by atoms with E-state index in [4.69, 9.17) is 5.11 Å². The van der Waals surface area contributed by atoms with E-state index >= 15 is 0 Å². The highest BCUT2D eigenvalue weighted by Gasteiger charge is 2.33. The number of aliphatic carboxylic acids is 1. The fourth-order valence-electron chi connectivity index (χ4n) is 1.45. The fraction of sp³-hybridized carbons (Fsp3) is 0.800. The second-order valence-electron chi connectivity index (χ2n) is 4.33. The third-order valence-electron chi connectivity index (χ3n) is 2.83. The van der Waals surface area contributed by atoms with Gasteiger partial charge in [0.05, 0.1) is 12.5 Å². The maximum atomic E-state index is 11.6. The maximum Gasteiger partial charge on any atom is 0.309 e. The van der Waals surface area contributed by atoms with E-state index in [0.29, 0.717) is 19.6 Å². The van der Waals surface area contributed by atoms with Crippen LogP contribution in [0.1, 0.15) is 13.8 Å². The largest absolute Gasteiger partial charge is 0.481 e. The molecule has 1 saturated heterocycles. The van der Waals surface area contributed by atoms with E-state index < -0.39 is 5.97 Å². The first-order chi connectivity index (χ1) is 6.91. The van der Waals surface area contributed by atoms with Crippen molar-refractivity contribution in [2.45, 2.75) is 19.9 Å². The predicted molar refractivity (Wildman–Crippen MR) is 55.5 cm³/mol. The van der Waals surface area contributed by atoms with Gasteiger partial charge in [-0.05, 0) is 13.8 Å². The molecule has 0 radical (unpaired) electrons. The minimum atomic E-state index is -0.768. The number of carbonyl (C=O) groups is 2. The van der Waals surface area contributed by atoms with Gasteiger partial charge in [-0.1, -0.05) is 0 Å². The number of rotatable bonds is 4. The van der Waals surface area contributed by atoms with Crippen LogP contribution < -0.4 is 0 Å². The van der Waals surface area contributed by atoms with Crippen LogP contribution in [0.15, 0.2) is 0 Å². The Labute approximate surface area is 89.7 Å². The van der Waals surface area contributed by atoms with Crippen molar-refractivity contribution in [3.05, 3.63) is 0 Å². The summed E-state index contributed by atoms with van der Waals surface area (Å²) in [5, 5.41) is 8.66. The van der Waals surface area contributed by atoms with Gasteiger partial charge in [-0.15, -0.1) is 0 Å². The number of hydrogen-bond acceptors (Lipinski definition) is 3. The minimum absolute atomic E-state index is 0.0499. The molecule has 0 aliphatic carbocycles. The van der Waals surface area contributed by atoms with Crippen molar-refractivity contribution >= 4 is 11.9 Å². The molecule has 0 bridgehead atoms. The SMILES string of the molecule is CC(C)N(C)C(=O)CN1CC(C(=O)O)C1. The van der Waals surface area contributed by atoms with Gasteiger partial charge in [0, 0.05) is 26.2 Å². The number of carbonyl (C=O) groups excluding carboxylic acids is 1. The van der Waals surface area contributed by atoms with Crippen LogP contribution in [0.25, 0.3) is 0 Å². The zero-order valence-electron chi connectivity index (χ0n) is 9.43. The highest BCUT2D eigenvalue weighted by atomic mass is 16.4. The van der Waals surface area contributed by atoms with Crippen LogP contribution in [-0.4, -0.2) is 59.5 Å². The molecular weight excluding hydrogens is 196 g/mol. The first-order valence-corrected chi connectivity index (χ1v) is 5.12. The Morgan fingerprint density at radius 3 is 2.40 bits per heavy atom. The van der Waals surface area contributed by atoms with Crippen LogP contribution in [0, 0.1) is 5.92 Å². The van der Waals surface area contributed by atoms with Crippen molar-refractivity contribution in [3.63, 3.8) is 0 Å². The molecule has 1 amide bonds. The fourth-order valence-corrected chi connectivity index (χ4v) is 1.45. The number of likely N-dealkylation sites (N-methyl/N-ethyl adjacent to an activating group) is 1. The van der Waals surface area contributed by atoms with Crippen molar-refractivity contribution in [2.75, 3.05) is 26.7 Å². The highest BCUT2D eigenvalue weighted by molar-refractivity contribution is 5.79. The van der Waals surface area contributed by atoms with Crippen LogP contribution in [-0.2, 0) is 9.59 Å². The average molecular weight is 214 g/mol. The average Bonchev–Trinajstić information content (AvgIpc) is 2.07. The smallest absolute Gasteiger partial charge is 0.309 e. The normalized spacial score (nSPS) is 17.6. The Bertz CT molecular complexity index is 259. The molecule has 0 saturated carbocycles. The van der Waals surface area contributed by atoms with Gasteiger partial charge in [-0.3, -0.25) is 14.5 Å². The summed E-state index contributed by atoms with van der Waals surface area (Å²) in [6.07, 6.45) is 0. The molecule has 1 N–H and O–H groups in total. The van der Waals surface area contributed by atoms with Crippen LogP contribution in [0.4, 0.5) is 0 Å². The van der Waals surface area contributed by atoms with Gasteiger partial charge in [0.15, 0.2) is 0 Å². The molecule has 0 unspecified atom stereocenters. The van der Waals surface area contributed by atoms with Crippen molar-refractivity contribution in [2.24, 2.45) is 5.92 Å². The summed E-state index contributed by atoms with van der Waals surface area (Å²) in [6, 6.07) is 0.189. The van der Waals surface area contributed by atoms with Gasteiger partial charge < -0.3 is 10.0 Å². The zero-order chi connectivity index (χ0) is 11.6. The summed E-state index contributed by atoms with van der Waals surface area (Å²) in [4.78, 5) is 25.7. The maximum absolute atomic E-state index is 11.6. The zero-order valence-corrected chi connectivity index (χ0v) is 9.43. The molecule has 1 fully saturated rings. The molecule has 5 heteroatoms. The third-order valence-corrected chi connectivity index (χ3v) is 2.83. The predicted octanol–water partition coefficient (Wildman–Crippen LogP) is -0.130. The summed E-state index contributed by atoms with van der Waals surface area (Å²) in [6.45, 7) is 5.22. The lowest BCUT2D eigenvalue weighted by Crippen LogP contribution is -2.54. The summed E-state index contributed by atoms with van der Waals surface area (Å²) in [7, 11) is 1.77. The van der Waals surface area contributed by atoms with E-state index in [-0.39, 0.29) is 17.9 Å². The van der Waals surface area contributed by atoms with Crippen LogP contribution in [0.5, 0.6) is 0 Å². The Kier molecular flexibility index (Phi) is 3.68. The first kappa shape index (κ1) is 12.0. The molecule has 5 nitrogen and oxygen atoms in total. The lowest BCUT2D eigenvalue weighted by Gasteiger charge is -2.37. The van der Waals surface area contributed by atoms with Crippen molar-refractivity contribution in [1.82, 2.24) is 9.80 Å². The Morgan fingerprint density at radius 1 is 1.47 bits per heavy atom. The molecule has 1 heterocycles. The molecular formula is C10H18N2O3. The quantitative estimate of drug-likeness (QED) is 0.708. The molecule has 1 aliphatic heterocycles. The van der Waals surface area contributed by atoms with Crippen molar-refractivity contribution < 1.29 is 14.7 Å². The van der Waals surface area contributed by atoms with Crippen LogP contribution >= 0.6 is 0 Å². The van der Waals surface area contributed by atoms with Gasteiger partial charge in [-0.2, -0.15) is 0 Å². The molecule has 1 aliphatic rings. The Hall–Kier alpha value is -1.10. The number of carboxylic acids is 1. The minimum Gasteiger partial charge on any atom is -0.481 e. The molecule has 0 atom stereocenters. The number of hydrogen-bond donors (Lipinski definition) is 1. The van der Waals surface area contributed by atoms with E-state index in [0.717, 1.165) is 0 Å². The molecule has 0 aromatic heterocycles. The van der Waals surface area contributed by atoms with Crippen LogP contribution in [0.3, 0.4) is 0 Å². The van der Waals surface area contributed by atoms with Crippen molar-refractivity contribution in [1.29, 1.82) is 0 Å². The standard InChI is InChI=1S/C10H18N2O3/c1-7(2)11(3)9(13)6-12-4-8(5-12)10(14)15/h7-8H,4-6H2,1-3H3,(H,14,15). The van der Waals surface area contributed by atoms with Crippen molar-refractivity contribution in [3.8, 4) is 0 Å². The molecule has 0 spiro atoms. The van der Waals surface area contributed by atoms with Gasteiger partial charge in [0.1, 0.15) is 0 Å². The van der Waals surface area contributed by atoms with E-state index in [1.54, 1.807) is 11.9 Å². The summed E-state index contributed by atoms with van der Waals surface area (Å²) < 4.78 is 0. The van der Waals surface area contributed by atoms with E-state index in [1.165, 1.54) is 0 Å². The summed E-state index contributed by atoms with van der Waals surface area (Å²) in [5.74, 6) is -1.01. The van der Waals surface area contributed by atoms with Crippen LogP contribution in [0.2, 0.25) is 0 Å². The second kappa shape index (κ2) is 4.61. The van der Waals surface area contributed by atoms with Gasteiger partial charge in [0.25, 0.3) is 0 Å². The Morgan fingerprint density at radius 2 is 2.00 bits per heavy atom. The van der Waals surface area contributed by atoms with E-state index in [9.17, 15) is 9.59 Å². The number of carboxylic acid groups (broad SMARTS) is 1. The topological polar surface area (TPSA) is 60.9 Å². The summed E-state index contributed by atoms with van der Waals surface area (Å²) >= 11 is 0. The molecule has 0 aromatic rings. The lowest BCUT2D eigenvalue weighted by atomic mass is 10.0. The number of nitrogens with zero attached hydrogens (tertiary/aromatic N) is 2. The van der Waals surface area contributed by atoms with Gasteiger partial charge >= 0.3 is 5.97 Å². The Balaban J connectivity index is 2.27. The van der Waals surface area contributed by atoms with E-state index in [2.05, 4.69) is 0 Å². The molecule has 1 rings (SSSR count). The monoisotopic (exact) mass is 214 g/mol. The first-order valence-electron chi connectivity index (χ1n) is 5.12.